The van der Waals surface area contributed by atoms with Crippen LogP contribution >= 0.6 is 0 Å². The van der Waals surface area contributed by atoms with Gasteiger partial charge in [-0.2, -0.15) is 4.98 Å². The zero-order chi connectivity index (χ0) is 21.9. The van der Waals surface area contributed by atoms with Crippen LogP contribution in [0.1, 0.15) is 58.7 Å². The number of anilines is 2. The molecule has 0 saturated carbocycles. The number of nitrogens with zero attached hydrogens (tertiary/aromatic N) is 3. The summed E-state index contributed by atoms with van der Waals surface area (Å²) in [5.74, 6) is 1.32. The molecule has 1 aliphatic rings. The first-order chi connectivity index (χ1) is 14.1. The Morgan fingerprint density at radius 2 is 1.87 bits per heavy atom. The first-order valence-corrected chi connectivity index (χ1v) is 10.5. The van der Waals surface area contributed by atoms with Crippen LogP contribution in [0.3, 0.4) is 0 Å². The van der Waals surface area contributed by atoms with Gasteiger partial charge in [-0.3, -0.25) is 4.90 Å². The van der Waals surface area contributed by atoms with Gasteiger partial charge < -0.3 is 15.4 Å². The zero-order valence-corrected chi connectivity index (χ0v) is 18.8. The first-order valence-electron chi connectivity index (χ1n) is 10.5. The van der Waals surface area contributed by atoms with Crippen molar-refractivity contribution in [3.8, 4) is 0 Å². The topological polar surface area (TPSA) is 79.4 Å². The van der Waals surface area contributed by atoms with E-state index in [1.807, 2.05) is 0 Å². The third kappa shape index (κ3) is 5.48. The molecular weight excluding hydrogens is 378 g/mol. The van der Waals surface area contributed by atoms with E-state index >= 15 is 0 Å². The van der Waals surface area contributed by atoms with Gasteiger partial charge in [0.2, 0.25) is 5.95 Å². The molecule has 7 heteroatoms. The Balaban J connectivity index is 1.68. The van der Waals surface area contributed by atoms with Gasteiger partial charge in [0.25, 0.3) is 0 Å². The highest BCUT2D eigenvalue weighted by atomic mass is 16.6. The van der Waals surface area contributed by atoms with Crippen molar-refractivity contribution in [2.24, 2.45) is 5.92 Å². The quantitative estimate of drug-likeness (QED) is 0.697. The summed E-state index contributed by atoms with van der Waals surface area (Å²) in [5, 5.41) is 6.84. The van der Waals surface area contributed by atoms with E-state index in [1.165, 1.54) is 5.56 Å². The van der Waals surface area contributed by atoms with Gasteiger partial charge in [-0.1, -0.05) is 38.1 Å². The van der Waals surface area contributed by atoms with E-state index in [4.69, 9.17) is 4.74 Å². The molecule has 1 aromatic heterocycles. The fourth-order valence-corrected chi connectivity index (χ4v) is 3.31. The summed E-state index contributed by atoms with van der Waals surface area (Å²) in [6.45, 7) is 13.9. The van der Waals surface area contributed by atoms with Gasteiger partial charge in [0.15, 0.2) is 0 Å². The number of nitrogens with one attached hydrogen (secondary N) is 2. The SMILES string of the molecule is CC(C)[C@H]1COC(=O)N1c1ccnc(N[C@@H](C)c2ccc(CNC(C)(C)C)cc2)n1. The second-order valence-electron chi connectivity index (χ2n) is 9.21. The maximum Gasteiger partial charge on any atom is 0.415 e. The van der Waals surface area contributed by atoms with Gasteiger partial charge in [-0.25, -0.2) is 9.78 Å². The monoisotopic (exact) mass is 411 g/mol. The van der Waals surface area contributed by atoms with E-state index in [1.54, 1.807) is 17.2 Å². The summed E-state index contributed by atoms with van der Waals surface area (Å²) in [4.78, 5) is 22.7. The van der Waals surface area contributed by atoms with E-state index in [0.717, 1.165) is 12.1 Å². The number of hydrogen-bond acceptors (Lipinski definition) is 6. The number of cyclic esters (lactones) is 1. The van der Waals surface area contributed by atoms with Crippen molar-refractivity contribution in [1.29, 1.82) is 0 Å². The van der Waals surface area contributed by atoms with Crippen LogP contribution in [0.2, 0.25) is 0 Å². The van der Waals surface area contributed by atoms with Gasteiger partial charge in [0.1, 0.15) is 12.4 Å². The normalized spacial score (nSPS) is 17.9. The molecular formula is C23H33N5O2. The molecule has 0 spiro atoms. The summed E-state index contributed by atoms with van der Waals surface area (Å²) < 4.78 is 5.24. The number of amides is 1. The van der Waals surface area contributed by atoms with Crippen LogP contribution in [0, 0.1) is 5.92 Å². The lowest BCUT2D eigenvalue weighted by atomic mass is 10.0. The van der Waals surface area contributed by atoms with Crippen molar-refractivity contribution in [2.45, 2.75) is 65.7 Å². The van der Waals surface area contributed by atoms with Crippen molar-refractivity contribution < 1.29 is 9.53 Å². The number of carbonyl (C=O) groups excluding carboxylic acids is 1. The van der Waals surface area contributed by atoms with Crippen LogP contribution in [0.4, 0.5) is 16.6 Å². The molecule has 1 saturated heterocycles. The van der Waals surface area contributed by atoms with E-state index in [9.17, 15) is 4.79 Å². The molecule has 0 bridgehead atoms. The minimum atomic E-state index is -0.356. The Hall–Kier alpha value is -2.67. The third-order valence-electron chi connectivity index (χ3n) is 5.21. The minimum Gasteiger partial charge on any atom is -0.447 e. The highest BCUT2D eigenvalue weighted by Crippen LogP contribution is 2.26. The van der Waals surface area contributed by atoms with Gasteiger partial charge >= 0.3 is 6.09 Å². The number of carbonyl (C=O) groups is 1. The first kappa shape index (κ1) is 22.0. The Labute approximate surface area is 179 Å². The number of rotatable bonds is 7. The van der Waals surface area contributed by atoms with Crippen molar-refractivity contribution in [2.75, 3.05) is 16.8 Å². The Morgan fingerprint density at radius 1 is 1.17 bits per heavy atom. The van der Waals surface area contributed by atoms with Gasteiger partial charge in [0.05, 0.1) is 12.1 Å². The fourth-order valence-electron chi connectivity index (χ4n) is 3.31. The molecule has 0 unspecified atom stereocenters. The zero-order valence-electron chi connectivity index (χ0n) is 18.8. The average molecular weight is 412 g/mol. The van der Waals surface area contributed by atoms with E-state index in [0.29, 0.717) is 18.4 Å². The van der Waals surface area contributed by atoms with Gasteiger partial charge in [-0.05, 0) is 50.8 Å². The van der Waals surface area contributed by atoms with Crippen LogP contribution in [-0.2, 0) is 11.3 Å². The molecule has 0 aliphatic carbocycles. The molecule has 1 amide bonds. The van der Waals surface area contributed by atoms with E-state index in [-0.39, 0.29) is 29.6 Å². The van der Waals surface area contributed by atoms with Crippen molar-refractivity contribution in [1.82, 2.24) is 15.3 Å². The molecule has 1 aromatic carbocycles. The summed E-state index contributed by atoms with van der Waals surface area (Å²) in [7, 11) is 0. The van der Waals surface area contributed by atoms with Crippen molar-refractivity contribution >= 4 is 17.9 Å². The maximum atomic E-state index is 12.2. The van der Waals surface area contributed by atoms with Gasteiger partial charge in [-0.15, -0.1) is 0 Å². The summed E-state index contributed by atoms with van der Waals surface area (Å²) in [5.41, 5.74) is 2.47. The van der Waals surface area contributed by atoms with Crippen molar-refractivity contribution in [3.63, 3.8) is 0 Å². The van der Waals surface area contributed by atoms with Crippen LogP contribution in [0.15, 0.2) is 36.5 Å². The molecule has 3 rings (SSSR count). The molecule has 1 aliphatic heterocycles. The number of aromatic nitrogens is 2. The molecule has 1 fully saturated rings. The maximum absolute atomic E-state index is 12.2. The number of ether oxygens (including phenoxy) is 1. The van der Waals surface area contributed by atoms with Crippen LogP contribution in [-0.4, -0.2) is 34.2 Å². The molecule has 162 valence electrons. The standard InChI is InChI=1S/C23H33N5O2/c1-15(2)19-14-30-22(29)28(19)20-11-12-24-21(27-20)26-16(3)18-9-7-17(8-10-18)13-25-23(4,5)6/h7-12,15-16,19,25H,13-14H2,1-6H3,(H,24,26,27)/t16-,19+/m0/s1. The largest absolute Gasteiger partial charge is 0.447 e. The molecule has 7 nitrogen and oxygen atoms in total. The Morgan fingerprint density at radius 3 is 2.50 bits per heavy atom. The second-order valence-corrected chi connectivity index (χ2v) is 9.21. The van der Waals surface area contributed by atoms with E-state index in [2.05, 4.69) is 86.4 Å². The molecule has 30 heavy (non-hydrogen) atoms. The smallest absolute Gasteiger partial charge is 0.415 e. The van der Waals surface area contributed by atoms with Crippen LogP contribution in [0.25, 0.3) is 0 Å². The lowest BCUT2D eigenvalue weighted by Crippen LogP contribution is -2.37. The Bertz CT molecular complexity index is 861. The van der Waals surface area contributed by atoms with Crippen LogP contribution < -0.4 is 15.5 Å². The summed E-state index contributed by atoms with van der Waals surface area (Å²) >= 11 is 0. The van der Waals surface area contributed by atoms with E-state index < -0.39 is 0 Å². The molecule has 2 aromatic rings. The molecule has 2 heterocycles. The Kier molecular flexibility index (Phi) is 6.61. The average Bonchev–Trinajstić information content (AvgIpc) is 3.08. The third-order valence-corrected chi connectivity index (χ3v) is 5.21. The van der Waals surface area contributed by atoms with Crippen molar-refractivity contribution in [3.05, 3.63) is 47.7 Å². The fraction of sp³-hybridized carbons (Fsp3) is 0.522. The lowest BCUT2D eigenvalue weighted by Gasteiger charge is -2.24. The summed E-state index contributed by atoms with van der Waals surface area (Å²) in [6.07, 6.45) is 1.31. The molecule has 2 N–H and O–H groups in total. The summed E-state index contributed by atoms with van der Waals surface area (Å²) in [6, 6.07) is 10.3. The number of hydrogen-bond donors (Lipinski definition) is 2. The second kappa shape index (κ2) is 9.00. The highest BCUT2D eigenvalue weighted by molar-refractivity contribution is 5.89. The highest BCUT2D eigenvalue weighted by Gasteiger charge is 2.37. The minimum absolute atomic E-state index is 0.0214. The van der Waals surface area contributed by atoms with Crippen LogP contribution in [0.5, 0.6) is 0 Å². The molecule has 0 radical (unpaired) electrons. The number of benzene rings is 1. The predicted octanol–water partition coefficient (Wildman–Crippen LogP) is 4.52. The van der Waals surface area contributed by atoms with Gasteiger partial charge in [0, 0.05) is 18.3 Å². The lowest BCUT2D eigenvalue weighted by molar-refractivity contribution is 0.177. The molecule has 2 atom stereocenters. The predicted molar refractivity (Wildman–Crippen MR) is 120 cm³/mol.